The molecule has 8 heteroatoms. The fraction of sp³-hybridized carbons (Fsp3) is 0.421. The van der Waals surface area contributed by atoms with E-state index < -0.39 is 17.7 Å². The molecule has 2 aromatic rings. The highest BCUT2D eigenvalue weighted by Crippen LogP contribution is 2.41. The highest BCUT2D eigenvalue weighted by Gasteiger charge is 2.44. The zero-order valence-electron chi connectivity index (χ0n) is 15.9. The van der Waals surface area contributed by atoms with E-state index in [1.807, 2.05) is 43.4 Å². The van der Waals surface area contributed by atoms with Crippen molar-refractivity contribution in [1.29, 1.82) is 0 Å². The molecule has 0 fully saturated rings. The molecule has 0 aromatic carbocycles. The molecule has 0 unspecified atom stereocenters. The third-order valence-corrected chi connectivity index (χ3v) is 6.47. The summed E-state index contributed by atoms with van der Waals surface area (Å²) in [6, 6.07) is 3.24. The zero-order chi connectivity index (χ0) is 19.7. The molecule has 0 aliphatic carbocycles. The first-order chi connectivity index (χ1) is 12.8. The third kappa shape index (κ3) is 3.83. The molecular weight excluding hydrogens is 382 g/mol. The molecule has 0 saturated heterocycles. The van der Waals surface area contributed by atoms with Crippen molar-refractivity contribution < 1.29 is 14.7 Å². The van der Waals surface area contributed by atoms with Gasteiger partial charge in [0.2, 0.25) is 5.78 Å². The highest BCUT2D eigenvalue weighted by atomic mass is 32.1. The van der Waals surface area contributed by atoms with E-state index in [0.29, 0.717) is 17.1 Å². The fourth-order valence-electron chi connectivity index (χ4n) is 3.28. The largest absolute Gasteiger partial charge is 0.503 e. The quantitative estimate of drug-likeness (QED) is 0.715. The summed E-state index contributed by atoms with van der Waals surface area (Å²) in [5.74, 6) is -1.22. The van der Waals surface area contributed by atoms with Gasteiger partial charge in [-0.05, 0) is 52.4 Å². The van der Waals surface area contributed by atoms with Crippen molar-refractivity contribution in [3.05, 3.63) is 49.3 Å². The van der Waals surface area contributed by atoms with Gasteiger partial charge in [0.1, 0.15) is 0 Å². The number of thiazole rings is 1. The Labute approximate surface area is 166 Å². The summed E-state index contributed by atoms with van der Waals surface area (Å²) in [5, 5.41) is 13.3. The number of hydrogen-bond donors (Lipinski definition) is 1. The Balaban J connectivity index is 1.98. The summed E-state index contributed by atoms with van der Waals surface area (Å²) in [4.78, 5) is 35.3. The van der Waals surface area contributed by atoms with Gasteiger partial charge >= 0.3 is 0 Å². The molecular formula is C19H23N3O3S2. The van der Waals surface area contributed by atoms with E-state index in [9.17, 15) is 14.7 Å². The van der Waals surface area contributed by atoms with Gasteiger partial charge in [0.25, 0.3) is 5.91 Å². The second kappa shape index (κ2) is 7.92. The second-order valence-electron chi connectivity index (χ2n) is 6.81. The number of carbonyl (C=O) groups excluding carboxylic acids is 2. The van der Waals surface area contributed by atoms with Gasteiger partial charge < -0.3 is 14.9 Å². The van der Waals surface area contributed by atoms with E-state index in [1.165, 1.54) is 22.7 Å². The lowest BCUT2D eigenvalue weighted by Crippen LogP contribution is -2.33. The molecule has 0 spiro atoms. The molecule has 3 rings (SSSR count). The molecule has 6 nitrogen and oxygen atoms in total. The smallest absolute Gasteiger partial charge is 0.290 e. The standard InChI is InChI=1S/C19H23N3O3S2/c1-11-18(27-12(2)20-11)16(23)14-15(13-7-5-10-26-13)22(19(25)17(14)24)9-6-8-21(3)4/h5,7,10,15,24H,6,8-9H2,1-4H3/t15-/m0/s1. The maximum Gasteiger partial charge on any atom is 0.290 e. The van der Waals surface area contributed by atoms with E-state index >= 15 is 0 Å². The molecule has 1 atom stereocenters. The summed E-state index contributed by atoms with van der Waals surface area (Å²) >= 11 is 2.78. The van der Waals surface area contributed by atoms with Crippen LogP contribution >= 0.6 is 22.7 Å². The molecule has 1 N–H and O–H groups in total. The number of nitrogens with zero attached hydrogens (tertiary/aromatic N) is 3. The number of aliphatic hydroxyl groups excluding tert-OH is 1. The van der Waals surface area contributed by atoms with E-state index in [4.69, 9.17) is 0 Å². The molecule has 1 amide bonds. The minimum Gasteiger partial charge on any atom is -0.503 e. The van der Waals surface area contributed by atoms with E-state index in [-0.39, 0.29) is 11.4 Å². The van der Waals surface area contributed by atoms with Crippen molar-refractivity contribution in [2.45, 2.75) is 26.3 Å². The van der Waals surface area contributed by atoms with Gasteiger partial charge in [-0.1, -0.05) is 6.07 Å². The SMILES string of the molecule is Cc1nc(C)c(C(=O)C2=C(O)C(=O)N(CCCN(C)C)[C@H]2c2cccs2)s1. The van der Waals surface area contributed by atoms with Crippen molar-refractivity contribution in [1.82, 2.24) is 14.8 Å². The number of Topliss-reactive ketones (excluding diaryl/α,β-unsaturated/α-hetero) is 1. The van der Waals surface area contributed by atoms with Crippen LogP contribution in [-0.4, -0.2) is 58.8 Å². The lowest BCUT2D eigenvalue weighted by Gasteiger charge is -2.26. The van der Waals surface area contributed by atoms with E-state index in [1.54, 1.807) is 11.8 Å². The van der Waals surface area contributed by atoms with Crippen molar-refractivity contribution in [2.75, 3.05) is 27.2 Å². The van der Waals surface area contributed by atoms with Crippen molar-refractivity contribution >= 4 is 34.4 Å². The van der Waals surface area contributed by atoms with E-state index in [0.717, 1.165) is 22.9 Å². The average molecular weight is 406 g/mol. The lowest BCUT2D eigenvalue weighted by molar-refractivity contribution is -0.129. The Morgan fingerprint density at radius 1 is 1.37 bits per heavy atom. The van der Waals surface area contributed by atoms with Crippen LogP contribution in [-0.2, 0) is 4.79 Å². The summed E-state index contributed by atoms with van der Waals surface area (Å²) in [6.07, 6.45) is 0.758. The average Bonchev–Trinajstić information content (AvgIpc) is 3.29. The molecule has 144 valence electrons. The Hall–Kier alpha value is -2.03. The number of aromatic nitrogens is 1. The normalized spacial score (nSPS) is 17.4. The van der Waals surface area contributed by atoms with Gasteiger partial charge in [-0.25, -0.2) is 4.98 Å². The van der Waals surface area contributed by atoms with E-state index in [2.05, 4.69) is 4.98 Å². The van der Waals surface area contributed by atoms with Crippen LogP contribution in [0.25, 0.3) is 0 Å². The van der Waals surface area contributed by atoms with Crippen molar-refractivity contribution in [3.63, 3.8) is 0 Å². The van der Waals surface area contributed by atoms with Crippen LogP contribution in [0.15, 0.2) is 28.8 Å². The minimum absolute atomic E-state index is 0.166. The van der Waals surface area contributed by atoms with Gasteiger partial charge in [-0.15, -0.1) is 22.7 Å². The van der Waals surface area contributed by atoms with Crippen molar-refractivity contribution in [2.24, 2.45) is 0 Å². The van der Waals surface area contributed by atoms with Crippen LogP contribution in [0.4, 0.5) is 0 Å². The third-order valence-electron chi connectivity index (χ3n) is 4.48. The maximum atomic E-state index is 13.2. The number of thiophene rings is 1. The monoisotopic (exact) mass is 405 g/mol. The molecule has 1 aliphatic rings. The number of ketones is 1. The number of carbonyl (C=O) groups is 2. The van der Waals surface area contributed by atoms with Crippen LogP contribution in [0.2, 0.25) is 0 Å². The van der Waals surface area contributed by atoms with Gasteiger partial charge in [0.15, 0.2) is 5.76 Å². The van der Waals surface area contributed by atoms with Gasteiger partial charge in [0.05, 0.1) is 27.2 Å². The Bertz CT molecular complexity index is 884. The number of aliphatic hydroxyl groups is 1. The molecule has 1 aliphatic heterocycles. The number of rotatable bonds is 7. The zero-order valence-corrected chi connectivity index (χ0v) is 17.5. The molecule has 0 radical (unpaired) electrons. The van der Waals surface area contributed by atoms with Crippen molar-refractivity contribution in [3.8, 4) is 0 Å². The van der Waals surface area contributed by atoms with Crippen LogP contribution < -0.4 is 0 Å². The predicted octanol–water partition coefficient (Wildman–Crippen LogP) is 3.35. The molecule has 2 aromatic heterocycles. The first kappa shape index (κ1) is 19.7. The van der Waals surface area contributed by atoms with Crippen LogP contribution in [0.5, 0.6) is 0 Å². The summed E-state index contributed by atoms with van der Waals surface area (Å²) < 4.78 is 0. The molecule has 27 heavy (non-hydrogen) atoms. The predicted molar refractivity (Wildman–Crippen MR) is 108 cm³/mol. The highest BCUT2D eigenvalue weighted by molar-refractivity contribution is 7.14. The van der Waals surface area contributed by atoms with Crippen LogP contribution in [0.3, 0.4) is 0 Å². The second-order valence-corrected chi connectivity index (χ2v) is 8.99. The number of aryl methyl sites for hydroxylation is 2. The number of hydrogen-bond acceptors (Lipinski definition) is 7. The Morgan fingerprint density at radius 2 is 2.11 bits per heavy atom. The molecule has 0 bridgehead atoms. The maximum absolute atomic E-state index is 13.2. The topological polar surface area (TPSA) is 73.7 Å². The number of amides is 1. The first-order valence-corrected chi connectivity index (χ1v) is 10.4. The summed E-state index contributed by atoms with van der Waals surface area (Å²) in [6.45, 7) is 4.91. The van der Waals surface area contributed by atoms with Gasteiger partial charge in [0, 0.05) is 11.4 Å². The van der Waals surface area contributed by atoms with Gasteiger partial charge in [-0.2, -0.15) is 0 Å². The Morgan fingerprint density at radius 3 is 2.67 bits per heavy atom. The molecule has 0 saturated carbocycles. The summed E-state index contributed by atoms with van der Waals surface area (Å²) in [5.41, 5.74) is 0.797. The first-order valence-electron chi connectivity index (χ1n) is 8.72. The van der Waals surface area contributed by atoms with Crippen LogP contribution in [0, 0.1) is 13.8 Å². The molecule has 3 heterocycles. The fourth-order valence-corrected chi connectivity index (χ4v) is 5.00. The Kier molecular flexibility index (Phi) is 5.78. The lowest BCUT2D eigenvalue weighted by atomic mass is 10.00. The summed E-state index contributed by atoms with van der Waals surface area (Å²) in [7, 11) is 3.95. The van der Waals surface area contributed by atoms with Gasteiger partial charge in [-0.3, -0.25) is 9.59 Å². The minimum atomic E-state index is -0.547. The van der Waals surface area contributed by atoms with Crippen LogP contribution in [0.1, 0.15) is 37.7 Å².